The Morgan fingerprint density at radius 2 is 1.60 bits per heavy atom. The molecule has 0 unspecified atom stereocenters. The van der Waals surface area contributed by atoms with E-state index in [0.29, 0.717) is 6.07 Å². The largest absolute Gasteiger partial charge is 0.449 e. The van der Waals surface area contributed by atoms with Crippen molar-refractivity contribution in [3.63, 3.8) is 0 Å². The van der Waals surface area contributed by atoms with Gasteiger partial charge in [0.25, 0.3) is 0 Å². The summed E-state index contributed by atoms with van der Waals surface area (Å²) in [5.41, 5.74) is 4.02. The molecule has 4 rings (SSSR count). The van der Waals surface area contributed by atoms with E-state index in [2.05, 4.69) is 17.2 Å². The van der Waals surface area contributed by atoms with Gasteiger partial charge in [-0.05, 0) is 28.3 Å². The number of alkyl carbamates (subject to hydrolysis) is 1. The van der Waals surface area contributed by atoms with Crippen LogP contribution in [0.1, 0.15) is 22.6 Å². The number of ether oxygens (including phenoxy) is 1. The topological polar surface area (TPSA) is 38.3 Å². The van der Waals surface area contributed by atoms with Crippen LogP contribution in [0.4, 0.5) is 18.0 Å². The maximum absolute atomic E-state index is 13.5. The molecule has 6 heteroatoms. The molecule has 0 atom stereocenters. The van der Waals surface area contributed by atoms with Gasteiger partial charge in [-0.25, -0.2) is 18.0 Å². The lowest BCUT2D eigenvalue weighted by molar-refractivity contribution is 0.144. The van der Waals surface area contributed by atoms with Crippen molar-refractivity contribution < 1.29 is 22.7 Å². The van der Waals surface area contributed by atoms with Gasteiger partial charge in [-0.1, -0.05) is 60.4 Å². The fraction of sp³-hybridized carbons (Fsp3) is 0.125. The van der Waals surface area contributed by atoms with Crippen molar-refractivity contribution >= 4 is 6.09 Å². The van der Waals surface area contributed by atoms with E-state index < -0.39 is 29.1 Å². The van der Waals surface area contributed by atoms with Gasteiger partial charge >= 0.3 is 6.09 Å². The minimum atomic E-state index is -1.32. The molecule has 1 aliphatic rings. The van der Waals surface area contributed by atoms with Gasteiger partial charge in [0.2, 0.25) is 0 Å². The lowest BCUT2D eigenvalue weighted by Crippen LogP contribution is -2.26. The number of hydrogen-bond donors (Lipinski definition) is 1. The maximum Gasteiger partial charge on any atom is 0.407 e. The highest BCUT2D eigenvalue weighted by Gasteiger charge is 2.28. The molecule has 0 radical (unpaired) electrons. The van der Waals surface area contributed by atoms with Crippen molar-refractivity contribution in [2.24, 2.45) is 0 Å². The fourth-order valence-electron chi connectivity index (χ4n) is 3.55. The summed E-state index contributed by atoms with van der Waals surface area (Å²) < 4.78 is 45.2. The van der Waals surface area contributed by atoms with Gasteiger partial charge in [0.1, 0.15) is 12.4 Å². The monoisotopic (exact) mass is 407 g/mol. The molecule has 1 aliphatic carbocycles. The molecule has 1 N–H and O–H groups in total. The Morgan fingerprint density at radius 1 is 0.967 bits per heavy atom. The number of rotatable bonds is 3. The van der Waals surface area contributed by atoms with E-state index >= 15 is 0 Å². The van der Waals surface area contributed by atoms with Crippen LogP contribution in [0.15, 0.2) is 60.7 Å². The summed E-state index contributed by atoms with van der Waals surface area (Å²) in [5.74, 6) is 1.20. The molecule has 0 aromatic heterocycles. The number of carbonyl (C=O) groups is 1. The van der Waals surface area contributed by atoms with Crippen molar-refractivity contribution in [3.8, 4) is 23.0 Å². The summed E-state index contributed by atoms with van der Waals surface area (Å²) in [6.45, 7) is -0.00866. The second-order valence-corrected chi connectivity index (χ2v) is 6.73. The first-order valence-electron chi connectivity index (χ1n) is 9.27. The second kappa shape index (κ2) is 8.34. The number of halogens is 3. The Bertz CT molecular complexity index is 1140. The Morgan fingerprint density at radius 3 is 2.27 bits per heavy atom. The third kappa shape index (κ3) is 3.87. The van der Waals surface area contributed by atoms with E-state index in [1.165, 1.54) is 0 Å². The predicted molar refractivity (Wildman–Crippen MR) is 106 cm³/mol. The van der Waals surface area contributed by atoms with Gasteiger partial charge in [-0.2, -0.15) is 0 Å². The van der Waals surface area contributed by atoms with Crippen molar-refractivity contribution in [2.45, 2.75) is 5.92 Å². The average Bonchev–Trinajstić information content (AvgIpc) is 3.07. The molecule has 0 bridgehead atoms. The zero-order valence-corrected chi connectivity index (χ0v) is 15.7. The Balaban J connectivity index is 1.37. The highest BCUT2D eigenvalue weighted by atomic mass is 19.2. The summed E-state index contributed by atoms with van der Waals surface area (Å²) in [5, 5.41) is 2.43. The fourth-order valence-corrected chi connectivity index (χ4v) is 3.55. The summed E-state index contributed by atoms with van der Waals surface area (Å²) >= 11 is 0. The SMILES string of the molecule is O=C(NCC#Cc1cc(F)cc(F)c1F)OCC1c2ccccc2-c2ccccc21. The number of fused-ring (bicyclic) bond motifs is 3. The summed E-state index contributed by atoms with van der Waals surface area (Å²) in [6, 6.07) is 17.2. The Kier molecular flexibility index (Phi) is 5.44. The van der Waals surface area contributed by atoms with Gasteiger partial charge in [-0.15, -0.1) is 0 Å². The van der Waals surface area contributed by atoms with E-state index in [-0.39, 0.29) is 19.1 Å². The van der Waals surface area contributed by atoms with Gasteiger partial charge in [0.05, 0.1) is 12.1 Å². The normalized spacial score (nSPS) is 11.8. The zero-order valence-electron chi connectivity index (χ0n) is 15.7. The summed E-state index contributed by atoms with van der Waals surface area (Å²) in [7, 11) is 0. The molecule has 3 aromatic carbocycles. The van der Waals surface area contributed by atoms with E-state index in [1.54, 1.807) is 0 Å². The molecule has 1 amide bonds. The van der Waals surface area contributed by atoms with E-state index in [0.717, 1.165) is 28.3 Å². The molecule has 0 saturated carbocycles. The van der Waals surface area contributed by atoms with Crippen LogP contribution in [0, 0.1) is 29.3 Å². The van der Waals surface area contributed by atoms with Crippen molar-refractivity contribution in [1.29, 1.82) is 0 Å². The highest BCUT2D eigenvalue weighted by Crippen LogP contribution is 2.44. The quantitative estimate of drug-likeness (QED) is 0.491. The van der Waals surface area contributed by atoms with Crippen LogP contribution in [0.5, 0.6) is 0 Å². The molecule has 30 heavy (non-hydrogen) atoms. The van der Waals surface area contributed by atoms with E-state index in [4.69, 9.17) is 4.74 Å². The number of amides is 1. The van der Waals surface area contributed by atoms with Gasteiger partial charge in [-0.3, -0.25) is 0 Å². The van der Waals surface area contributed by atoms with E-state index in [1.807, 2.05) is 48.5 Å². The first kappa shape index (κ1) is 19.6. The molecular formula is C24H16F3NO2. The maximum atomic E-state index is 13.5. The molecule has 3 aromatic rings. The van der Waals surface area contributed by atoms with Crippen LogP contribution < -0.4 is 5.32 Å². The third-order valence-corrected chi connectivity index (χ3v) is 4.88. The standard InChI is InChI=1S/C24H16F3NO2/c25-16-12-15(23(27)22(26)13-16)6-5-11-28-24(29)30-14-21-19-9-3-1-7-17(19)18-8-2-4-10-20(18)21/h1-4,7-10,12-13,21H,11,14H2,(H,28,29). The lowest BCUT2D eigenvalue weighted by atomic mass is 9.98. The first-order chi connectivity index (χ1) is 14.5. The molecule has 0 saturated heterocycles. The highest BCUT2D eigenvalue weighted by molar-refractivity contribution is 5.79. The van der Waals surface area contributed by atoms with Crippen LogP contribution in [-0.4, -0.2) is 19.2 Å². The minimum absolute atomic E-state index is 0.0707. The predicted octanol–water partition coefficient (Wildman–Crippen LogP) is 4.99. The second-order valence-electron chi connectivity index (χ2n) is 6.73. The Labute approximate surface area is 171 Å². The van der Waals surface area contributed by atoms with Gasteiger partial charge in [0, 0.05) is 12.0 Å². The van der Waals surface area contributed by atoms with Crippen LogP contribution in [0.3, 0.4) is 0 Å². The van der Waals surface area contributed by atoms with E-state index in [9.17, 15) is 18.0 Å². The van der Waals surface area contributed by atoms with Gasteiger partial charge < -0.3 is 10.1 Å². The molecular weight excluding hydrogens is 391 g/mol. The molecule has 3 nitrogen and oxygen atoms in total. The number of hydrogen-bond acceptors (Lipinski definition) is 2. The van der Waals surface area contributed by atoms with Gasteiger partial charge in [0.15, 0.2) is 11.6 Å². The number of nitrogens with one attached hydrogen (secondary N) is 1. The first-order valence-corrected chi connectivity index (χ1v) is 9.27. The number of benzene rings is 3. The van der Waals surface area contributed by atoms with Crippen molar-refractivity contribution in [3.05, 3.63) is 94.8 Å². The van der Waals surface area contributed by atoms with Crippen molar-refractivity contribution in [1.82, 2.24) is 5.32 Å². The smallest absolute Gasteiger partial charge is 0.407 e. The minimum Gasteiger partial charge on any atom is -0.449 e. The van der Waals surface area contributed by atoms with Crippen LogP contribution in [0.2, 0.25) is 0 Å². The average molecular weight is 407 g/mol. The zero-order chi connectivity index (χ0) is 21.1. The third-order valence-electron chi connectivity index (χ3n) is 4.88. The number of carbonyl (C=O) groups excluding carboxylic acids is 1. The molecule has 0 heterocycles. The summed E-state index contributed by atoms with van der Waals surface area (Å²) in [6.07, 6.45) is -0.683. The van der Waals surface area contributed by atoms with Crippen LogP contribution in [-0.2, 0) is 4.74 Å². The van der Waals surface area contributed by atoms with Crippen LogP contribution >= 0.6 is 0 Å². The summed E-state index contributed by atoms with van der Waals surface area (Å²) in [4.78, 5) is 12.0. The Hall–Kier alpha value is -3.72. The molecule has 150 valence electrons. The lowest BCUT2D eigenvalue weighted by Gasteiger charge is -2.14. The van der Waals surface area contributed by atoms with Crippen molar-refractivity contribution in [2.75, 3.05) is 13.2 Å². The van der Waals surface area contributed by atoms with Crippen LogP contribution in [0.25, 0.3) is 11.1 Å². The molecule has 0 fully saturated rings. The molecule has 0 spiro atoms. The molecule has 0 aliphatic heterocycles.